The summed E-state index contributed by atoms with van der Waals surface area (Å²) < 4.78 is 0. The smallest absolute Gasteiger partial charge is 0.0392 e. The Morgan fingerprint density at radius 3 is 2.44 bits per heavy atom. The average molecular weight is 219 g/mol. The Labute approximate surface area is 100 Å². The van der Waals surface area contributed by atoms with E-state index in [1.807, 2.05) is 0 Å². The fourth-order valence-corrected chi connectivity index (χ4v) is 2.77. The van der Waals surface area contributed by atoms with Crippen molar-refractivity contribution in [2.24, 2.45) is 4.99 Å². The van der Waals surface area contributed by atoms with Gasteiger partial charge in [-0.3, -0.25) is 4.99 Å². The highest BCUT2D eigenvalue weighted by Gasteiger charge is 2.10. The van der Waals surface area contributed by atoms with Crippen molar-refractivity contribution >= 4 is 5.71 Å². The number of allylic oxidation sites excluding steroid dienone is 2. The van der Waals surface area contributed by atoms with Crippen LogP contribution in [0.2, 0.25) is 0 Å². The van der Waals surface area contributed by atoms with E-state index in [-0.39, 0.29) is 0 Å². The molecule has 0 atom stereocenters. The van der Waals surface area contributed by atoms with Gasteiger partial charge in [0.25, 0.3) is 0 Å². The first-order valence-electron chi connectivity index (χ1n) is 7.19. The van der Waals surface area contributed by atoms with E-state index < -0.39 is 0 Å². The topological polar surface area (TPSA) is 12.4 Å². The van der Waals surface area contributed by atoms with Gasteiger partial charge in [-0.05, 0) is 50.5 Å². The molecule has 1 heterocycles. The maximum atomic E-state index is 4.83. The maximum Gasteiger partial charge on any atom is 0.0392 e. The second-order valence-corrected chi connectivity index (χ2v) is 5.17. The molecule has 0 radical (unpaired) electrons. The normalized spacial score (nSPS) is 27.8. The molecule has 0 saturated carbocycles. The molecule has 1 aliphatic carbocycles. The molecule has 90 valence electrons. The Kier molecular flexibility index (Phi) is 5.11. The quantitative estimate of drug-likeness (QED) is 0.607. The largest absolute Gasteiger partial charge is 0.289 e. The van der Waals surface area contributed by atoms with Gasteiger partial charge in [0.15, 0.2) is 0 Å². The van der Waals surface area contributed by atoms with E-state index in [2.05, 4.69) is 6.08 Å². The van der Waals surface area contributed by atoms with E-state index in [1.54, 1.807) is 5.57 Å². The lowest BCUT2D eigenvalue weighted by Gasteiger charge is -2.16. The fourth-order valence-electron chi connectivity index (χ4n) is 2.77. The molecule has 0 aromatic rings. The molecule has 0 aromatic heterocycles. The Balaban J connectivity index is 2.01. The Morgan fingerprint density at radius 1 is 0.750 bits per heavy atom. The van der Waals surface area contributed by atoms with Crippen LogP contribution >= 0.6 is 0 Å². The Bertz CT molecular complexity index is 235. The molecule has 0 saturated heterocycles. The molecule has 0 amide bonds. The number of hydrogen-bond acceptors (Lipinski definition) is 1. The molecule has 2 aliphatic rings. The Morgan fingerprint density at radius 2 is 1.50 bits per heavy atom. The summed E-state index contributed by atoms with van der Waals surface area (Å²) in [4.78, 5) is 4.83. The summed E-state index contributed by atoms with van der Waals surface area (Å²) in [5, 5.41) is 0. The summed E-state index contributed by atoms with van der Waals surface area (Å²) in [7, 11) is 0. The minimum absolute atomic E-state index is 1.08. The second-order valence-electron chi connectivity index (χ2n) is 5.17. The first-order valence-corrected chi connectivity index (χ1v) is 7.19. The van der Waals surface area contributed by atoms with E-state index in [0.29, 0.717) is 0 Å². The molecular formula is C15H25N. The summed E-state index contributed by atoms with van der Waals surface area (Å²) in [6.07, 6.45) is 17.4. The lowest BCUT2D eigenvalue weighted by molar-refractivity contribution is 0.622. The third-order valence-electron chi connectivity index (χ3n) is 3.79. The van der Waals surface area contributed by atoms with E-state index >= 15 is 0 Å². The van der Waals surface area contributed by atoms with Gasteiger partial charge >= 0.3 is 0 Å². The first kappa shape index (κ1) is 11.9. The van der Waals surface area contributed by atoms with E-state index in [4.69, 9.17) is 4.99 Å². The molecule has 1 aliphatic heterocycles. The second kappa shape index (κ2) is 6.88. The predicted molar refractivity (Wildman–Crippen MR) is 71.2 cm³/mol. The van der Waals surface area contributed by atoms with Crippen LogP contribution in [-0.4, -0.2) is 12.3 Å². The van der Waals surface area contributed by atoms with E-state index in [9.17, 15) is 0 Å². The highest BCUT2D eigenvalue weighted by atomic mass is 14.7. The van der Waals surface area contributed by atoms with Crippen molar-refractivity contribution in [1.29, 1.82) is 0 Å². The molecule has 1 heteroatoms. The van der Waals surface area contributed by atoms with Crippen molar-refractivity contribution in [3.63, 3.8) is 0 Å². The zero-order valence-electron chi connectivity index (χ0n) is 10.5. The summed E-state index contributed by atoms with van der Waals surface area (Å²) in [5.74, 6) is 0. The number of aliphatic imine (C=N–C) groups is 1. The van der Waals surface area contributed by atoms with Crippen molar-refractivity contribution < 1.29 is 0 Å². The van der Waals surface area contributed by atoms with Crippen molar-refractivity contribution in [1.82, 2.24) is 0 Å². The van der Waals surface area contributed by atoms with Gasteiger partial charge in [-0.1, -0.05) is 31.8 Å². The van der Waals surface area contributed by atoms with Crippen molar-refractivity contribution in [3.8, 4) is 0 Å². The molecule has 0 fully saturated rings. The van der Waals surface area contributed by atoms with Gasteiger partial charge < -0.3 is 0 Å². The average Bonchev–Trinajstić information content (AvgIpc) is 2.18. The number of rotatable bonds is 1. The van der Waals surface area contributed by atoms with Crippen LogP contribution in [0.3, 0.4) is 0 Å². The number of hydrogen-bond donors (Lipinski definition) is 0. The van der Waals surface area contributed by atoms with E-state index in [0.717, 1.165) is 6.54 Å². The number of nitrogens with zero attached hydrogens (tertiary/aromatic N) is 1. The van der Waals surface area contributed by atoms with Gasteiger partial charge in [0.2, 0.25) is 0 Å². The van der Waals surface area contributed by atoms with Gasteiger partial charge in [-0.2, -0.15) is 0 Å². The summed E-state index contributed by atoms with van der Waals surface area (Å²) in [5.41, 5.74) is 3.06. The van der Waals surface area contributed by atoms with Crippen molar-refractivity contribution in [2.75, 3.05) is 6.54 Å². The fraction of sp³-hybridized carbons (Fsp3) is 0.800. The molecular weight excluding hydrogens is 194 g/mol. The summed E-state index contributed by atoms with van der Waals surface area (Å²) >= 11 is 0. The van der Waals surface area contributed by atoms with Gasteiger partial charge in [-0.25, -0.2) is 0 Å². The molecule has 1 nitrogen and oxygen atoms in total. The maximum absolute atomic E-state index is 4.83. The molecule has 0 bridgehead atoms. The monoisotopic (exact) mass is 219 g/mol. The zero-order chi connectivity index (χ0) is 11.1. The van der Waals surface area contributed by atoms with Crippen LogP contribution in [0.5, 0.6) is 0 Å². The highest BCUT2D eigenvalue weighted by molar-refractivity contribution is 6.00. The van der Waals surface area contributed by atoms with Crippen molar-refractivity contribution in [3.05, 3.63) is 11.6 Å². The minimum Gasteiger partial charge on any atom is -0.289 e. The van der Waals surface area contributed by atoms with Crippen LogP contribution in [-0.2, 0) is 0 Å². The highest BCUT2D eigenvalue weighted by Crippen LogP contribution is 2.21. The molecule has 16 heavy (non-hydrogen) atoms. The van der Waals surface area contributed by atoms with Crippen LogP contribution in [0.1, 0.15) is 70.6 Å². The van der Waals surface area contributed by atoms with Crippen molar-refractivity contribution in [2.45, 2.75) is 70.6 Å². The summed E-state index contributed by atoms with van der Waals surface area (Å²) in [6, 6.07) is 0. The SMILES string of the molecule is C1=C(/C2=NCCCCCC2)CCCCCC/1. The molecule has 0 spiro atoms. The predicted octanol–water partition coefficient (Wildman–Crippen LogP) is 4.67. The molecule has 0 unspecified atom stereocenters. The van der Waals surface area contributed by atoms with Gasteiger partial charge in [-0.15, -0.1) is 0 Å². The van der Waals surface area contributed by atoms with Crippen LogP contribution in [0, 0.1) is 0 Å². The van der Waals surface area contributed by atoms with Gasteiger partial charge in [0.1, 0.15) is 0 Å². The third-order valence-corrected chi connectivity index (χ3v) is 3.79. The van der Waals surface area contributed by atoms with E-state index in [1.165, 1.54) is 76.3 Å². The van der Waals surface area contributed by atoms with Gasteiger partial charge in [0, 0.05) is 12.3 Å². The third kappa shape index (κ3) is 3.77. The lowest BCUT2D eigenvalue weighted by atomic mass is 9.93. The van der Waals surface area contributed by atoms with Crippen LogP contribution < -0.4 is 0 Å². The zero-order valence-corrected chi connectivity index (χ0v) is 10.5. The standard InChI is InChI=1S/C15H25N/c1-2-6-10-14(11-7-3-1)15-12-8-4-5-9-13-16-15/h10H,1-9,11-13H2/b14-10+,16-15?. The molecule has 0 N–H and O–H groups in total. The first-order chi connectivity index (χ1) is 7.97. The summed E-state index contributed by atoms with van der Waals surface area (Å²) in [6.45, 7) is 1.08. The van der Waals surface area contributed by atoms with Gasteiger partial charge in [0.05, 0.1) is 0 Å². The lowest BCUT2D eigenvalue weighted by Crippen LogP contribution is -2.08. The van der Waals surface area contributed by atoms with Crippen LogP contribution in [0.15, 0.2) is 16.6 Å². The van der Waals surface area contributed by atoms with Crippen LogP contribution in [0.25, 0.3) is 0 Å². The van der Waals surface area contributed by atoms with Crippen LogP contribution in [0.4, 0.5) is 0 Å². The minimum atomic E-state index is 1.08. The Hall–Kier alpha value is -0.590. The molecule has 0 aromatic carbocycles. The molecule has 2 rings (SSSR count).